The molecule has 3 aromatic rings. The van der Waals surface area contributed by atoms with E-state index in [1.807, 2.05) is 41.8 Å². The lowest BCUT2D eigenvalue weighted by Crippen LogP contribution is -2.44. The smallest absolute Gasteiger partial charge is 0.258 e. The molecule has 1 heterocycles. The first-order valence-corrected chi connectivity index (χ1v) is 8.71. The number of aromatic nitrogens is 2. The van der Waals surface area contributed by atoms with E-state index >= 15 is 0 Å². The number of rotatable bonds is 5. The molecule has 26 heavy (non-hydrogen) atoms. The molecule has 0 bridgehead atoms. The predicted molar refractivity (Wildman–Crippen MR) is 101 cm³/mol. The number of amides is 2. The van der Waals surface area contributed by atoms with Crippen LogP contribution in [-0.2, 0) is 29.0 Å². The van der Waals surface area contributed by atoms with E-state index in [9.17, 15) is 9.59 Å². The lowest BCUT2D eigenvalue weighted by molar-refractivity contribution is -0.128. The Morgan fingerprint density at radius 2 is 1.73 bits per heavy atom. The van der Waals surface area contributed by atoms with Crippen LogP contribution in [-0.4, -0.2) is 21.4 Å². The summed E-state index contributed by atoms with van der Waals surface area (Å²) >= 11 is 6.04. The molecule has 0 saturated carbocycles. The molecule has 2 N–H and O–H groups in total. The minimum Gasteiger partial charge on any atom is -0.318 e. The molecular weight excluding hydrogens is 352 g/mol. The van der Waals surface area contributed by atoms with Crippen LogP contribution in [0.5, 0.6) is 0 Å². The molecule has 0 radical (unpaired) electrons. The first-order valence-electron chi connectivity index (χ1n) is 8.33. The Hall–Kier alpha value is -2.86. The van der Waals surface area contributed by atoms with Crippen molar-refractivity contribution in [3.8, 4) is 0 Å². The van der Waals surface area contributed by atoms with Crippen molar-refractivity contribution in [3.05, 3.63) is 64.9 Å². The average Bonchev–Trinajstić information content (AvgIpc) is 3.00. The normalized spacial score (nSPS) is 10.7. The van der Waals surface area contributed by atoms with Crippen LogP contribution in [0.25, 0.3) is 11.0 Å². The van der Waals surface area contributed by atoms with Crippen molar-refractivity contribution in [3.63, 3.8) is 0 Å². The number of para-hydroxylation sites is 2. The molecule has 0 fully saturated rings. The highest BCUT2D eigenvalue weighted by molar-refractivity contribution is 6.31. The summed E-state index contributed by atoms with van der Waals surface area (Å²) in [5.74, 6) is 0.164. The Balaban J connectivity index is 1.61. The quantitative estimate of drug-likeness (QED) is 0.678. The molecule has 3 rings (SSSR count). The fraction of sp³-hybridized carbons (Fsp3) is 0.211. The fourth-order valence-electron chi connectivity index (χ4n) is 2.75. The maximum atomic E-state index is 12.2. The molecule has 6 nitrogen and oxygen atoms in total. The number of imidazole rings is 1. The van der Waals surface area contributed by atoms with Gasteiger partial charge in [0.2, 0.25) is 5.91 Å². The highest BCUT2D eigenvalue weighted by atomic mass is 35.5. The van der Waals surface area contributed by atoms with Crippen LogP contribution in [0.3, 0.4) is 0 Å². The predicted octanol–water partition coefficient (Wildman–Crippen LogP) is 2.64. The number of halogens is 1. The first kappa shape index (κ1) is 17.9. The average molecular weight is 371 g/mol. The van der Waals surface area contributed by atoms with Gasteiger partial charge in [-0.2, -0.15) is 0 Å². The van der Waals surface area contributed by atoms with Gasteiger partial charge < -0.3 is 4.57 Å². The van der Waals surface area contributed by atoms with Gasteiger partial charge in [0, 0.05) is 11.4 Å². The van der Waals surface area contributed by atoms with Crippen LogP contribution in [0.1, 0.15) is 18.3 Å². The van der Waals surface area contributed by atoms with Crippen molar-refractivity contribution in [2.75, 3.05) is 0 Å². The molecule has 0 unspecified atom stereocenters. The highest BCUT2D eigenvalue weighted by Gasteiger charge is 2.13. The van der Waals surface area contributed by atoms with Crippen LogP contribution in [0.2, 0.25) is 5.02 Å². The lowest BCUT2D eigenvalue weighted by Gasteiger charge is -2.10. The summed E-state index contributed by atoms with van der Waals surface area (Å²) in [6.07, 6.45) is 0.801. The Morgan fingerprint density at radius 3 is 2.50 bits per heavy atom. The second kappa shape index (κ2) is 8.01. The van der Waals surface area contributed by atoms with Crippen molar-refractivity contribution in [1.29, 1.82) is 0 Å². The summed E-state index contributed by atoms with van der Waals surface area (Å²) in [6.45, 7) is 2.07. The molecule has 0 spiro atoms. The van der Waals surface area contributed by atoms with Gasteiger partial charge in [0.15, 0.2) is 0 Å². The number of hydrazine groups is 1. The van der Waals surface area contributed by atoms with Crippen LogP contribution in [0.15, 0.2) is 48.5 Å². The molecule has 0 aliphatic heterocycles. The summed E-state index contributed by atoms with van der Waals surface area (Å²) < 4.78 is 1.85. The molecule has 7 heteroatoms. The minimum atomic E-state index is -0.336. The molecule has 2 aromatic carbocycles. The third kappa shape index (κ3) is 4.03. The van der Waals surface area contributed by atoms with Gasteiger partial charge in [-0.1, -0.05) is 48.9 Å². The van der Waals surface area contributed by atoms with Crippen molar-refractivity contribution in [1.82, 2.24) is 20.4 Å². The summed E-state index contributed by atoms with van der Waals surface area (Å²) in [6, 6.07) is 14.8. The topological polar surface area (TPSA) is 76.0 Å². The van der Waals surface area contributed by atoms with Crippen LogP contribution in [0, 0.1) is 0 Å². The molecule has 0 atom stereocenters. The van der Waals surface area contributed by atoms with Gasteiger partial charge in [-0.25, -0.2) is 4.98 Å². The number of hydrogen-bond acceptors (Lipinski definition) is 3. The molecule has 0 saturated heterocycles. The monoisotopic (exact) mass is 370 g/mol. The minimum absolute atomic E-state index is 0.0794. The number of carbonyl (C=O) groups is 2. The zero-order chi connectivity index (χ0) is 18.5. The second-order valence-corrected chi connectivity index (χ2v) is 6.23. The van der Waals surface area contributed by atoms with Crippen molar-refractivity contribution < 1.29 is 9.59 Å². The summed E-state index contributed by atoms with van der Waals surface area (Å²) in [4.78, 5) is 28.8. The maximum absolute atomic E-state index is 12.2. The third-order valence-electron chi connectivity index (χ3n) is 4.00. The number of hydrogen-bond donors (Lipinski definition) is 2. The number of benzene rings is 2. The molecular formula is C19H19ClN4O2. The van der Waals surface area contributed by atoms with E-state index in [0.717, 1.165) is 16.9 Å². The van der Waals surface area contributed by atoms with E-state index in [4.69, 9.17) is 11.6 Å². The van der Waals surface area contributed by atoms with Crippen LogP contribution < -0.4 is 10.9 Å². The molecule has 134 valence electrons. The van der Waals surface area contributed by atoms with Gasteiger partial charge in [-0.15, -0.1) is 0 Å². The molecule has 0 aliphatic rings. The second-order valence-electron chi connectivity index (χ2n) is 5.82. The molecule has 1 aromatic heterocycles. The number of aryl methyl sites for hydroxylation is 1. The third-order valence-corrected chi connectivity index (χ3v) is 4.37. The summed E-state index contributed by atoms with van der Waals surface area (Å²) in [5, 5.41) is 0.520. The maximum Gasteiger partial charge on any atom is 0.258 e. The van der Waals surface area contributed by atoms with Crippen molar-refractivity contribution in [2.45, 2.75) is 26.3 Å². The molecule has 2 amide bonds. The van der Waals surface area contributed by atoms with Crippen molar-refractivity contribution in [2.24, 2.45) is 0 Å². The molecule has 0 aliphatic carbocycles. The Morgan fingerprint density at radius 1 is 1.04 bits per heavy atom. The van der Waals surface area contributed by atoms with Crippen molar-refractivity contribution >= 4 is 34.4 Å². The standard InChI is InChI=1S/C19H19ClN4O2/c1-2-17-21-15-9-5-6-10-16(15)24(17)12-19(26)23-22-18(25)11-13-7-3-4-8-14(13)20/h3-10H,2,11-12H2,1H3,(H,22,25)(H,23,26). The summed E-state index contributed by atoms with van der Waals surface area (Å²) in [5.41, 5.74) is 7.31. The van der Waals surface area contributed by atoms with Crippen LogP contribution in [0.4, 0.5) is 0 Å². The van der Waals surface area contributed by atoms with Crippen LogP contribution >= 0.6 is 11.6 Å². The zero-order valence-corrected chi connectivity index (χ0v) is 15.1. The summed E-state index contributed by atoms with van der Waals surface area (Å²) in [7, 11) is 0. The van der Waals surface area contributed by atoms with Gasteiger partial charge in [-0.3, -0.25) is 20.4 Å². The zero-order valence-electron chi connectivity index (χ0n) is 14.3. The Bertz CT molecular complexity index is 952. The van der Waals surface area contributed by atoms with E-state index in [1.54, 1.807) is 18.2 Å². The van der Waals surface area contributed by atoms with E-state index in [-0.39, 0.29) is 24.8 Å². The van der Waals surface area contributed by atoms with E-state index in [2.05, 4.69) is 15.8 Å². The van der Waals surface area contributed by atoms with E-state index in [1.165, 1.54) is 0 Å². The fourth-order valence-corrected chi connectivity index (χ4v) is 2.96. The van der Waals surface area contributed by atoms with Gasteiger partial charge in [-0.05, 0) is 23.8 Å². The van der Waals surface area contributed by atoms with E-state index < -0.39 is 0 Å². The SMILES string of the molecule is CCc1nc2ccccc2n1CC(=O)NNC(=O)Cc1ccccc1Cl. The Labute approximate surface area is 156 Å². The number of nitrogens with one attached hydrogen (secondary N) is 2. The largest absolute Gasteiger partial charge is 0.318 e. The number of carbonyl (C=O) groups excluding carboxylic acids is 2. The Kier molecular flexibility index (Phi) is 5.53. The lowest BCUT2D eigenvalue weighted by atomic mass is 10.1. The van der Waals surface area contributed by atoms with Gasteiger partial charge in [0.25, 0.3) is 5.91 Å². The number of fused-ring (bicyclic) bond motifs is 1. The number of nitrogens with zero attached hydrogens (tertiary/aromatic N) is 2. The van der Waals surface area contributed by atoms with Gasteiger partial charge in [0.1, 0.15) is 12.4 Å². The van der Waals surface area contributed by atoms with E-state index in [0.29, 0.717) is 17.0 Å². The van der Waals surface area contributed by atoms with Gasteiger partial charge in [0.05, 0.1) is 17.5 Å². The first-order chi connectivity index (χ1) is 12.6. The van der Waals surface area contributed by atoms with Gasteiger partial charge >= 0.3 is 0 Å². The highest BCUT2D eigenvalue weighted by Crippen LogP contribution is 2.16.